The second-order valence-electron chi connectivity index (χ2n) is 1.94. The molecule has 0 unspecified atom stereocenters. The van der Waals surface area contributed by atoms with Gasteiger partial charge >= 0.3 is 0 Å². The molecule has 0 saturated heterocycles. The van der Waals surface area contributed by atoms with Crippen molar-refractivity contribution in [2.24, 2.45) is 0 Å². The van der Waals surface area contributed by atoms with Crippen molar-refractivity contribution in [2.45, 2.75) is 20.8 Å². The third-order valence-electron chi connectivity index (χ3n) is 0.981. The quantitative estimate of drug-likeness (QED) is 0.494. The zero-order valence-electron chi connectivity index (χ0n) is 6.39. The summed E-state index contributed by atoms with van der Waals surface area (Å²) in [5, 5.41) is 0. The largest absolute Gasteiger partial charge is 0.0877 e. The van der Waals surface area contributed by atoms with E-state index in [4.69, 9.17) is 0 Å². The van der Waals surface area contributed by atoms with Gasteiger partial charge in [-0.15, -0.1) is 0 Å². The maximum Gasteiger partial charge on any atom is -0.0398 e. The summed E-state index contributed by atoms with van der Waals surface area (Å²) in [4.78, 5) is 0. The van der Waals surface area contributed by atoms with Crippen LogP contribution in [0.2, 0.25) is 0 Å². The van der Waals surface area contributed by atoms with Gasteiger partial charge in [0.05, 0.1) is 0 Å². The van der Waals surface area contributed by atoms with E-state index in [2.05, 4.69) is 19.1 Å². The number of hydrogen-bond donors (Lipinski definition) is 0. The molecule has 0 spiro atoms. The van der Waals surface area contributed by atoms with Gasteiger partial charge in [0, 0.05) is 0 Å². The minimum absolute atomic E-state index is 1.29. The second kappa shape index (κ2) is 5.36. The summed E-state index contributed by atoms with van der Waals surface area (Å²) in [6.45, 7) is 6.12. The fraction of sp³-hybridized carbons (Fsp3) is 0.333. The molecular weight excluding hydrogens is 108 g/mol. The average Bonchev–Trinajstić information content (AvgIpc) is 1.85. The standard InChI is InChI=1S/C9H14/c1-4-6-8-9(3)7-5-2/h4-8H,1-3H3/b6-4+,7-5-,9-8-. The lowest BCUT2D eigenvalue weighted by Gasteiger charge is -1.83. The van der Waals surface area contributed by atoms with E-state index in [1.54, 1.807) is 0 Å². The Labute approximate surface area is 57.6 Å². The third kappa shape index (κ3) is 5.09. The molecule has 0 aromatic carbocycles. The summed E-state index contributed by atoms with van der Waals surface area (Å²) in [6.07, 6.45) is 10.3. The summed E-state index contributed by atoms with van der Waals surface area (Å²) in [5.74, 6) is 0. The van der Waals surface area contributed by atoms with Crippen LogP contribution in [-0.4, -0.2) is 0 Å². The van der Waals surface area contributed by atoms with Crippen molar-refractivity contribution in [3.63, 3.8) is 0 Å². The van der Waals surface area contributed by atoms with Crippen LogP contribution >= 0.6 is 0 Å². The highest BCUT2D eigenvalue weighted by molar-refractivity contribution is 5.20. The molecule has 0 aromatic heterocycles. The lowest BCUT2D eigenvalue weighted by molar-refractivity contribution is 1.50. The Kier molecular flexibility index (Phi) is 4.89. The van der Waals surface area contributed by atoms with E-state index in [0.717, 1.165) is 0 Å². The van der Waals surface area contributed by atoms with Crippen molar-refractivity contribution in [3.8, 4) is 0 Å². The molecule has 0 atom stereocenters. The normalized spacial score (nSPS) is 13.9. The lowest BCUT2D eigenvalue weighted by Crippen LogP contribution is -1.62. The van der Waals surface area contributed by atoms with E-state index in [1.807, 2.05) is 32.1 Å². The molecule has 50 valence electrons. The van der Waals surface area contributed by atoms with Crippen LogP contribution in [0.3, 0.4) is 0 Å². The molecular formula is C9H14. The number of hydrogen-bond acceptors (Lipinski definition) is 0. The Morgan fingerprint density at radius 1 is 1.11 bits per heavy atom. The van der Waals surface area contributed by atoms with Gasteiger partial charge in [-0.05, 0) is 20.8 Å². The smallest absolute Gasteiger partial charge is 0.0398 e. The van der Waals surface area contributed by atoms with Crippen molar-refractivity contribution in [2.75, 3.05) is 0 Å². The highest BCUT2D eigenvalue weighted by Crippen LogP contribution is 1.93. The Morgan fingerprint density at radius 3 is 2.22 bits per heavy atom. The molecule has 9 heavy (non-hydrogen) atoms. The molecule has 0 heteroatoms. The van der Waals surface area contributed by atoms with Crippen LogP contribution in [-0.2, 0) is 0 Å². The Bertz CT molecular complexity index is 136. The van der Waals surface area contributed by atoms with Crippen LogP contribution in [0.1, 0.15) is 20.8 Å². The first-order valence-electron chi connectivity index (χ1n) is 3.23. The van der Waals surface area contributed by atoms with Crippen molar-refractivity contribution >= 4 is 0 Å². The molecule has 0 saturated carbocycles. The molecule has 0 aromatic rings. The fourth-order valence-corrected chi connectivity index (χ4v) is 0.566. The average molecular weight is 122 g/mol. The maximum atomic E-state index is 2.08. The van der Waals surface area contributed by atoms with E-state index in [-0.39, 0.29) is 0 Å². The van der Waals surface area contributed by atoms with Crippen LogP contribution in [0.15, 0.2) is 36.0 Å². The van der Waals surface area contributed by atoms with Gasteiger partial charge in [0.2, 0.25) is 0 Å². The topological polar surface area (TPSA) is 0 Å². The zero-order valence-corrected chi connectivity index (χ0v) is 6.39. The highest BCUT2D eigenvalue weighted by Gasteiger charge is 1.72. The van der Waals surface area contributed by atoms with Gasteiger partial charge < -0.3 is 0 Å². The van der Waals surface area contributed by atoms with Crippen LogP contribution in [0, 0.1) is 0 Å². The third-order valence-corrected chi connectivity index (χ3v) is 0.981. The Hall–Kier alpha value is -0.780. The van der Waals surface area contributed by atoms with E-state index in [9.17, 15) is 0 Å². The van der Waals surface area contributed by atoms with Gasteiger partial charge in [0.15, 0.2) is 0 Å². The second-order valence-corrected chi connectivity index (χ2v) is 1.94. The molecule has 0 amide bonds. The van der Waals surface area contributed by atoms with Gasteiger partial charge in [0.1, 0.15) is 0 Å². The van der Waals surface area contributed by atoms with Gasteiger partial charge in [0.25, 0.3) is 0 Å². The summed E-state index contributed by atoms with van der Waals surface area (Å²) in [5.41, 5.74) is 1.29. The first-order chi connectivity index (χ1) is 4.31. The number of rotatable bonds is 2. The van der Waals surface area contributed by atoms with Crippen LogP contribution in [0.4, 0.5) is 0 Å². The van der Waals surface area contributed by atoms with Crippen LogP contribution in [0.25, 0.3) is 0 Å². The molecule has 0 fully saturated rings. The van der Waals surface area contributed by atoms with Crippen molar-refractivity contribution in [1.29, 1.82) is 0 Å². The van der Waals surface area contributed by atoms with Gasteiger partial charge in [-0.2, -0.15) is 0 Å². The predicted octanol–water partition coefficient (Wildman–Crippen LogP) is 3.08. The highest BCUT2D eigenvalue weighted by atomic mass is 13.8. The van der Waals surface area contributed by atoms with Crippen LogP contribution in [0.5, 0.6) is 0 Å². The molecule has 0 aliphatic heterocycles. The summed E-state index contributed by atoms with van der Waals surface area (Å²) in [6, 6.07) is 0. The molecule has 0 heterocycles. The van der Waals surface area contributed by atoms with Crippen molar-refractivity contribution in [1.82, 2.24) is 0 Å². The van der Waals surface area contributed by atoms with E-state index in [0.29, 0.717) is 0 Å². The SMILES string of the molecule is C\C=C/C(C)=C\C=C\C. The molecule has 0 rings (SSSR count). The maximum absolute atomic E-state index is 2.08. The Balaban J connectivity index is 3.84. The first kappa shape index (κ1) is 8.22. The molecule has 0 nitrogen and oxygen atoms in total. The molecule has 0 radical (unpaired) electrons. The minimum Gasteiger partial charge on any atom is -0.0877 e. The van der Waals surface area contributed by atoms with Gasteiger partial charge in [-0.3, -0.25) is 0 Å². The van der Waals surface area contributed by atoms with E-state index in [1.165, 1.54) is 5.57 Å². The Morgan fingerprint density at radius 2 is 1.78 bits per heavy atom. The lowest BCUT2D eigenvalue weighted by atomic mass is 10.2. The van der Waals surface area contributed by atoms with E-state index < -0.39 is 0 Å². The number of allylic oxidation sites excluding steroid dienone is 6. The van der Waals surface area contributed by atoms with Crippen LogP contribution < -0.4 is 0 Å². The fourth-order valence-electron chi connectivity index (χ4n) is 0.566. The van der Waals surface area contributed by atoms with E-state index >= 15 is 0 Å². The molecule has 0 aliphatic carbocycles. The molecule has 0 aliphatic rings. The summed E-state index contributed by atoms with van der Waals surface area (Å²) in [7, 11) is 0. The minimum atomic E-state index is 1.29. The van der Waals surface area contributed by atoms with Gasteiger partial charge in [-0.25, -0.2) is 0 Å². The van der Waals surface area contributed by atoms with Crippen molar-refractivity contribution < 1.29 is 0 Å². The first-order valence-corrected chi connectivity index (χ1v) is 3.23. The van der Waals surface area contributed by atoms with Crippen molar-refractivity contribution in [3.05, 3.63) is 36.0 Å². The summed E-state index contributed by atoms with van der Waals surface area (Å²) >= 11 is 0. The predicted molar refractivity (Wildman–Crippen MR) is 43.4 cm³/mol. The summed E-state index contributed by atoms with van der Waals surface area (Å²) < 4.78 is 0. The van der Waals surface area contributed by atoms with Gasteiger partial charge in [-0.1, -0.05) is 36.0 Å². The molecule has 0 bridgehead atoms. The zero-order chi connectivity index (χ0) is 7.11. The molecule has 0 N–H and O–H groups in total. The monoisotopic (exact) mass is 122 g/mol.